The average Bonchev–Trinajstić information content (AvgIpc) is 2.27. The van der Waals surface area contributed by atoms with Crippen molar-refractivity contribution in [3.05, 3.63) is 27.7 Å². The van der Waals surface area contributed by atoms with Crippen LogP contribution in [0.4, 0.5) is 0 Å². The molecule has 0 radical (unpaired) electrons. The van der Waals surface area contributed by atoms with Gasteiger partial charge >= 0.3 is 0 Å². The Labute approximate surface area is 119 Å². The normalized spacial score (nSPS) is 11.0. The van der Waals surface area contributed by atoms with Gasteiger partial charge in [-0.25, -0.2) is 0 Å². The molecule has 0 saturated heterocycles. The second-order valence-corrected chi connectivity index (χ2v) is 5.26. The predicted molar refractivity (Wildman–Crippen MR) is 77.9 cm³/mol. The summed E-state index contributed by atoms with van der Waals surface area (Å²) in [5.74, 6) is 0.696. The second kappa shape index (κ2) is 7.85. The van der Waals surface area contributed by atoms with Crippen molar-refractivity contribution in [3.63, 3.8) is 0 Å². The third-order valence-electron chi connectivity index (χ3n) is 2.56. The maximum absolute atomic E-state index is 6.07. The monoisotopic (exact) mass is 290 g/mol. The number of ether oxygens (including phenoxy) is 1. The van der Waals surface area contributed by atoms with Crippen molar-refractivity contribution in [2.24, 2.45) is 0 Å². The summed E-state index contributed by atoms with van der Waals surface area (Å²) in [6.07, 6.45) is 1.10. The Morgan fingerprint density at radius 3 is 2.61 bits per heavy atom. The number of methoxy groups -OCH3 is 1. The molecule has 0 spiro atoms. The van der Waals surface area contributed by atoms with E-state index < -0.39 is 0 Å². The van der Waals surface area contributed by atoms with Gasteiger partial charge in [0.25, 0.3) is 0 Å². The van der Waals surface area contributed by atoms with Crippen LogP contribution in [0.15, 0.2) is 12.1 Å². The number of halogens is 2. The largest absolute Gasteiger partial charge is 0.495 e. The Hall–Kier alpha value is -0.480. The molecule has 1 N–H and O–H groups in total. The van der Waals surface area contributed by atoms with E-state index in [0.29, 0.717) is 22.3 Å². The van der Waals surface area contributed by atoms with Gasteiger partial charge < -0.3 is 15.0 Å². The number of hydrogen-bond donors (Lipinski definition) is 1. The van der Waals surface area contributed by atoms with Gasteiger partial charge in [0.2, 0.25) is 0 Å². The summed E-state index contributed by atoms with van der Waals surface area (Å²) in [6, 6.07) is 3.57. The molecule has 0 amide bonds. The molecule has 0 fully saturated rings. The van der Waals surface area contributed by atoms with Crippen LogP contribution in [0.1, 0.15) is 12.0 Å². The second-order valence-electron chi connectivity index (χ2n) is 4.41. The quantitative estimate of drug-likeness (QED) is 0.781. The molecular weight excluding hydrogens is 271 g/mol. The van der Waals surface area contributed by atoms with E-state index in [1.54, 1.807) is 13.2 Å². The molecule has 3 nitrogen and oxygen atoms in total. The Morgan fingerprint density at radius 2 is 2.00 bits per heavy atom. The van der Waals surface area contributed by atoms with Crippen LogP contribution in [0.3, 0.4) is 0 Å². The Balaban J connectivity index is 2.51. The van der Waals surface area contributed by atoms with Crippen molar-refractivity contribution >= 4 is 23.2 Å². The highest BCUT2D eigenvalue weighted by atomic mass is 35.5. The van der Waals surface area contributed by atoms with Gasteiger partial charge in [-0.05, 0) is 45.7 Å². The topological polar surface area (TPSA) is 24.5 Å². The number of hydrogen-bond acceptors (Lipinski definition) is 3. The molecule has 5 heteroatoms. The van der Waals surface area contributed by atoms with Gasteiger partial charge in [-0.2, -0.15) is 0 Å². The fourth-order valence-electron chi connectivity index (χ4n) is 1.72. The molecule has 0 heterocycles. The van der Waals surface area contributed by atoms with E-state index in [0.717, 1.165) is 25.1 Å². The lowest BCUT2D eigenvalue weighted by Crippen LogP contribution is -2.21. The van der Waals surface area contributed by atoms with E-state index in [1.165, 1.54) is 0 Å². The average molecular weight is 291 g/mol. The standard InChI is InChI=1S/C13H20Cl2N2O/c1-17(2)6-4-5-16-9-10-7-11(14)8-12(15)13(10)18-3/h7-8,16H,4-6,9H2,1-3H3. The van der Waals surface area contributed by atoms with Crippen LogP contribution in [-0.4, -0.2) is 39.2 Å². The van der Waals surface area contributed by atoms with Crippen molar-refractivity contribution in [3.8, 4) is 5.75 Å². The molecule has 0 aromatic heterocycles. The molecule has 1 aromatic rings. The molecule has 18 heavy (non-hydrogen) atoms. The van der Waals surface area contributed by atoms with E-state index in [-0.39, 0.29) is 0 Å². The van der Waals surface area contributed by atoms with Gasteiger partial charge in [0.05, 0.1) is 12.1 Å². The zero-order valence-corrected chi connectivity index (χ0v) is 12.6. The smallest absolute Gasteiger partial charge is 0.142 e. The fraction of sp³-hybridized carbons (Fsp3) is 0.538. The first kappa shape index (κ1) is 15.6. The van der Waals surface area contributed by atoms with Crippen molar-refractivity contribution in [2.45, 2.75) is 13.0 Å². The molecule has 0 atom stereocenters. The molecular formula is C13H20Cl2N2O. The van der Waals surface area contributed by atoms with Crippen LogP contribution < -0.4 is 10.1 Å². The van der Waals surface area contributed by atoms with E-state index in [9.17, 15) is 0 Å². The highest BCUT2D eigenvalue weighted by molar-refractivity contribution is 6.35. The van der Waals surface area contributed by atoms with Crippen LogP contribution in [0, 0.1) is 0 Å². The first-order valence-electron chi connectivity index (χ1n) is 5.92. The number of nitrogens with zero attached hydrogens (tertiary/aromatic N) is 1. The summed E-state index contributed by atoms with van der Waals surface area (Å²) in [7, 11) is 5.75. The molecule has 0 aliphatic heterocycles. The summed E-state index contributed by atoms with van der Waals surface area (Å²) < 4.78 is 5.29. The van der Waals surface area contributed by atoms with Gasteiger partial charge in [-0.3, -0.25) is 0 Å². The predicted octanol–water partition coefficient (Wildman–Crippen LogP) is 3.04. The number of rotatable bonds is 7. The summed E-state index contributed by atoms with van der Waals surface area (Å²) >= 11 is 12.1. The minimum Gasteiger partial charge on any atom is -0.495 e. The first-order chi connectivity index (χ1) is 8.54. The maximum Gasteiger partial charge on any atom is 0.142 e. The van der Waals surface area contributed by atoms with Crippen LogP contribution in [0.25, 0.3) is 0 Å². The summed E-state index contributed by atoms with van der Waals surface area (Å²) in [5.41, 5.74) is 0.986. The zero-order valence-electron chi connectivity index (χ0n) is 11.1. The highest BCUT2D eigenvalue weighted by Crippen LogP contribution is 2.31. The van der Waals surface area contributed by atoms with Gasteiger partial charge in [0, 0.05) is 17.1 Å². The number of benzene rings is 1. The lowest BCUT2D eigenvalue weighted by Gasteiger charge is -2.13. The minimum atomic E-state index is 0.551. The minimum absolute atomic E-state index is 0.551. The summed E-state index contributed by atoms with van der Waals surface area (Å²) in [5, 5.41) is 4.54. The Bertz CT molecular complexity index is 383. The van der Waals surface area contributed by atoms with Crippen LogP contribution in [0.5, 0.6) is 5.75 Å². The molecule has 0 saturated carbocycles. The molecule has 0 unspecified atom stereocenters. The molecule has 0 aliphatic rings. The SMILES string of the molecule is COc1c(Cl)cc(Cl)cc1CNCCCN(C)C. The summed E-state index contributed by atoms with van der Waals surface area (Å²) in [6.45, 7) is 2.72. The summed E-state index contributed by atoms with van der Waals surface area (Å²) in [4.78, 5) is 2.17. The van der Waals surface area contributed by atoms with Crippen molar-refractivity contribution in [2.75, 3.05) is 34.3 Å². The molecule has 1 aromatic carbocycles. The van der Waals surface area contributed by atoms with Crippen LogP contribution in [-0.2, 0) is 6.54 Å². The van der Waals surface area contributed by atoms with Crippen LogP contribution in [0.2, 0.25) is 10.0 Å². The number of nitrogens with one attached hydrogen (secondary N) is 1. The maximum atomic E-state index is 6.07. The molecule has 0 bridgehead atoms. The Morgan fingerprint density at radius 1 is 1.28 bits per heavy atom. The van der Waals surface area contributed by atoms with Crippen molar-refractivity contribution < 1.29 is 4.74 Å². The van der Waals surface area contributed by atoms with Crippen molar-refractivity contribution in [1.82, 2.24) is 10.2 Å². The lowest BCUT2D eigenvalue weighted by molar-refractivity contribution is 0.391. The first-order valence-corrected chi connectivity index (χ1v) is 6.67. The lowest BCUT2D eigenvalue weighted by atomic mass is 10.2. The van der Waals surface area contributed by atoms with Gasteiger partial charge in [-0.15, -0.1) is 0 Å². The third-order valence-corrected chi connectivity index (χ3v) is 3.06. The third kappa shape index (κ3) is 5.02. The van der Waals surface area contributed by atoms with Crippen LogP contribution >= 0.6 is 23.2 Å². The van der Waals surface area contributed by atoms with Gasteiger partial charge in [0.15, 0.2) is 0 Å². The van der Waals surface area contributed by atoms with E-state index >= 15 is 0 Å². The molecule has 0 aliphatic carbocycles. The van der Waals surface area contributed by atoms with E-state index in [4.69, 9.17) is 27.9 Å². The van der Waals surface area contributed by atoms with Crippen molar-refractivity contribution in [1.29, 1.82) is 0 Å². The Kier molecular flexibility index (Phi) is 6.79. The zero-order chi connectivity index (χ0) is 13.5. The van der Waals surface area contributed by atoms with E-state index in [2.05, 4.69) is 24.3 Å². The van der Waals surface area contributed by atoms with Gasteiger partial charge in [0.1, 0.15) is 5.75 Å². The van der Waals surface area contributed by atoms with Gasteiger partial charge in [-0.1, -0.05) is 23.2 Å². The highest BCUT2D eigenvalue weighted by Gasteiger charge is 2.09. The fourth-order valence-corrected chi connectivity index (χ4v) is 2.33. The molecule has 102 valence electrons. The van der Waals surface area contributed by atoms with E-state index in [1.807, 2.05) is 6.07 Å². The molecule has 1 rings (SSSR count).